The van der Waals surface area contributed by atoms with E-state index in [2.05, 4.69) is 41.1 Å². The molecule has 0 spiro atoms. The Hall–Kier alpha value is -3.71. The summed E-state index contributed by atoms with van der Waals surface area (Å²) in [6.07, 6.45) is 1.74. The van der Waals surface area contributed by atoms with Gasteiger partial charge in [-0.2, -0.15) is 0 Å². The maximum absolute atomic E-state index is 13.6. The van der Waals surface area contributed by atoms with E-state index in [0.717, 1.165) is 22.6 Å². The third-order valence-electron chi connectivity index (χ3n) is 6.33. The number of benzene rings is 3. The van der Waals surface area contributed by atoms with E-state index >= 15 is 0 Å². The van der Waals surface area contributed by atoms with Crippen molar-refractivity contribution < 1.29 is 9.18 Å². The summed E-state index contributed by atoms with van der Waals surface area (Å²) in [4.78, 5) is 15.2. The Bertz CT molecular complexity index is 1410. The van der Waals surface area contributed by atoms with Crippen LogP contribution in [-0.2, 0) is 10.2 Å². The summed E-state index contributed by atoms with van der Waals surface area (Å²) in [6.45, 7) is 4.28. The minimum atomic E-state index is -0.316. The zero-order chi connectivity index (χ0) is 24.6. The van der Waals surface area contributed by atoms with Gasteiger partial charge in [-0.15, -0.1) is 10.2 Å². The number of anilines is 1. The normalized spacial score (nSPS) is 15.4. The number of aromatic nitrogens is 3. The summed E-state index contributed by atoms with van der Waals surface area (Å²) >= 11 is 1.32. The molecule has 0 atom stereocenters. The SMILES string of the molecule is CN1C(=CC(=O)CSc2nnc(-c3ccccc3)n2-c2ccc(F)cc2)C(C)(C)c2ccccc21. The van der Waals surface area contributed by atoms with E-state index in [1.807, 2.05) is 54.1 Å². The molecule has 0 amide bonds. The van der Waals surface area contributed by atoms with Gasteiger partial charge in [-0.1, -0.05) is 74.1 Å². The number of para-hydroxylation sites is 1. The molecule has 1 aromatic heterocycles. The summed E-state index contributed by atoms with van der Waals surface area (Å²) in [6, 6.07) is 24.1. The first-order chi connectivity index (χ1) is 16.9. The zero-order valence-corrected chi connectivity index (χ0v) is 20.6. The molecule has 0 saturated heterocycles. The predicted molar refractivity (Wildman–Crippen MR) is 138 cm³/mol. The number of carbonyl (C=O) groups excluding carboxylic acids is 1. The first-order valence-electron chi connectivity index (χ1n) is 11.3. The standard InChI is InChI=1S/C28H25FN4OS/c1-28(2)23-11-7-8-12-24(23)32(3)25(28)17-22(34)18-35-27-31-30-26(19-9-5-4-6-10-19)33(27)21-15-13-20(29)14-16-21/h4-17H,18H2,1-3H3. The molecule has 0 saturated carbocycles. The van der Waals surface area contributed by atoms with E-state index in [1.165, 1.54) is 29.5 Å². The molecule has 0 aliphatic carbocycles. The Morgan fingerprint density at radius 2 is 1.66 bits per heavy atom. The number of allylic oxidation sites excluding steroid dienone is 2. The van der Waals surface area contributed by atoms with E-state index in [1.54, 1.807) is 18.2 Å². The van der Waals surface area contributed by atoms with Crippen LogP contribution in [0.4, 0.5) is 10.1 Å². The van der Waals surface area contributed by atoms with Gasteiger partial charge in [0.05, 0.1) is 5.75 Å². The molecule has 0 bridgehead atoms. The number of hydrogen-bond acceptors (Lipinski definition) is 5. The van der Waals surface area contributed by atoms with Crippen molar-refractivity contribution in [2.75, 3.05) is 17.7 Å². The van der Waals surface area contributed by atoms with Gasteiger partial charge in [0, 0.05) is 41.2 Å². The number of halogens is 1. The number of ketones is 1. The van der Waals surface area contributed by atoms with Crippen LogP contribution in [0.15, 0.2) is 95.8 Å². The molecular weight excluding hydrogens is 459 g/mol. The Kier molecular flexibility index (Phi) is 6.03. The minimum absolute atomic E-state index is 0.00681. The lowest BCUT2D eigenvalue weighted by atomic mass is 9.83. The van der Waals surface area contributed by atoms with Gasteiger partial charge in [-0.25, -0.2) is 4.39 Å². The van der Waals surface area contributed by atoms with E-state index in [9.17, 15) is 9.18 Å². The van der Waals surface area contributed by atoms with Gasteiger partial charge in [0.15, 0.2) is 16.8 Å². The fourth-order valence-electron chi connectivity index (χ4n) is 4.55. The summed E-state index contributed by atoms with van der Waals surface area (Å²) < 4.78 is 15.5. The van der Waals surface area contributed by atoms with Gasteiger partial charge >= 0.3 is 0 Å². The van der Waals surface area contributed by atoms with E-state index < -0.39 is 0 Å². The van der Waals surface area contributed by atoms with Crippen molar-refractivity contribution in [1.29, 1.82) is 0 Å². The fourth-order valence-corrected chi connectivity index (χ4v) is 5.32. The van der Waals surface area contributed by atoms with E-state index in [0.29, 0.717) is 11.0 Å². The summed E-state index contributed by atoms with van der Waals surface area (Å²) in [5.41, 5.74) is 4.65. The van der Waals surface area contributed by atoms with Crippen molar-refractivity contribution in [3.63, 3.8) is 0 Å². The topological polar surface area (TPSA) is 51.0 Å². The number of carbonyl (C=O) groups is 1. The molecule has 176 valence electrons. The predicted octanol–water partition coefficient (Wildman–Crippen LogP) is 6.05. The van der Waals surface area contributed by atoms with Crippen LogP contribution < -0.4 is 4.90 Å². The minimum Gasteiger partial charge on any atom is -0.347 e. The Morgan fingerprint density at radius 3 is 2.37 bits per heavy atom. The lowest BCUT2D eigenvalue weighted by Gasteiger charge is -2.23. The van der Waals surface area contributed by atoms with Gasteiger partial charge in [0.25, 0.3) is 0 Å². The van der Waals surface area contributed by atoms with Gasteiger partial charge in [0.2, 0.25) is 0 Å². The maximum atomic E-state index is 13.6. The number of thioether (sulfide) groups is 1. The molecule has 2 heterocycles. The van der Waals surface area contributed by atoms with Gasteiger partial charge < -0.3 is 4.90 Å². The van der Waals surface area contributed by atoms with Crippen LogP contribution in [0, 0.1) is 5.82 Å². The lowest BCUT2D eigenvalue weighted by Crippen LogP contribution is -2.24. The van der Waals surface area contributed by atoms with Crippen LogP contribution in [-0.4, -0.2) is 33.3 Å². The zero-order valence-electron chi connectivity index (χ0n) is 19.8. The Morgan fingerprint density at radius 1 is 0.971 bits per heavy atom. The highest BCUT2D eigenvalue weighted by Crippen LogP contribution is 2.46. The maximum Gasteiger partial charge on any atom is 0.196 e. The monoisotopic (exact) mass is 484 g/mol. The third-order valence-corrected chi connectivity index (χ3v) is 7.28. The molecule has 0 unspecified atom stereocenters. The van der Waals surface area contributed by atoms with Gasteiger partial charge in [-0.3, -0.25) is 9.36 Å². The number of rotatable bonds is 6. The Balaban J connectivity index is 1.43. The number of hydrogen-bond donors (Lipinski definition) is 0. The quantitative estimate of drug-likeness (QED) is 0.246. The van der Waals surface area contributed by atoms with Crippen molar-refractivity contribution in [1.82, 2.24) is 14.8 Å². The number of fused-ring (bicyclic) bond motifs is 1. The van der Waals surface area contributed by atoms with Crippen molar-refractivity contribution in [2.24, 2.45) is 0 Å². The molecule has 0 radical (unpaired) electrons. The molecule has 4 aromatic rings. The van der Waals surface area contributed by atoms with Crippen LogP contribution >= 0.6 is 11.8 Å². The molecule has 3 aromatic carbocycles. The summed E-state index contributed by atoms with van der Waals surface area (Å²) in [7, 11) is 2.00. The molecule has 0 fully saturated rings. The molecule has 35 heavy (non-hydrogen) atoms. The summed E-state index contributed by atoms with van der Waals surface area (Å²) in [5, 5.41) is 9.34. The van der Waals surface area contributed by atoms with Crippen molar-refractivity contribution in [3.05, 3.63) is 102 Å². The van der Waals surface area contributed by atoms with Crippen LogP contribution in [0.2, 0.25) is 0 Å². The lowest BCUT2D eigenvalue weighted by molar-refractivity contribution is -0.112. The molecule has 1 aliphatic rings. The van der Waals surface area contributed by atoms with Gasteiger partial charge in [-0.05, 0) is 35.9 Å². The second-order valence-electron chi connectivity index (χ2n) is 8.97. The Labute approximate surface area is 208 Å². The van der Waals surface area contributed by atoms with Crippen molar-refractivity contribution in [2.45, 2.75) is 24.4 Å². The largest absolute Gasteiger partial charge is 0.347 e. The average molecular weight is 485 g/mol. The van der Waals surface area contributed by atoms with E-state index in [-0.39, 0.29) is 22.8 Å². The smallest absolute Gasteiger partial charge is 0.196 e. The number of likely N-dealkylation sites (N-methyl/N-ethyl adjacent to an activating group) is 1. The second kappa shape index (κ2) is 9.15. The first kappa shape index (κ1) is 23.1. The van der Waals surface area contributed by atoms with Crippen LogP contribution in [0.3, 0.4) is 0 Å². The van der Waals surface area contributed by atoms with Crippen LogP contribution in [0.1, 0.15) is 19.4 Å². The average Bonchev–Trinajstić information content (AvgIpc) is 3.37. The third kappa shape index (κ3) is 4.28. The molecule has 5 rings (SSSR count). The van der Waals surface area contributed by atoms with Gasteiger partial charge in [0.1, 0.15) is 5.82 Å². The fraction of sp³-hybridized carbons (Fsp3) is 0.179. The van der Waals surface area contributed by atoms with E-state index in [4.69, 9.17) is 0 Å². The van der Waals surface area contributed by atoms with Crippen molar-refractivity contribution in [3.8, 4) is 17.1 Å². The summed E-state index contributed by atoms with van der Waals surface area (Å²) in [5.74, 6) is 0.520. The van der Waals surface area contributed by atoms with Crippen LogP contribution in [0.5, 0.6) is 0 Å². The molecule has 7 heteroatoms. The van der Waals surface area contributed by atoms with Crippen LogP contribution in [0.25, 0.3) is 17.1 Å². The highest BCUT2D eigenvalue weighted by atomic mass is 32.2. The first-order valence-corrected chi connectivity index (χ1v) is 12.3. The molecular formula is C28H25FN4OS. The molecule has 5 nitrogen and oxygen atoms in total. The highest BCUT2D eigenvalue weighted by molar-refractivity contribution is 7.99. The molecule has 1 aliphatic heterocycles. The highest BCUT2D eigenvalue weighted by Gasteiger charge is 2.38. The molecule has 0 N–H and O–H groups in total. The number of nitrogens with zero attached hydrogens (tertiary/aromatic N) is 4. The second-order valence-corrected chi connectivity index (χ2v) is 9.91. The van der Waals surface area contributed by atoms with Crippen molar-refractivity contribution >= 4 is 23.2 Å².